The van der Waals surface area contributed by atoms with Gasteiger partial charge >= 0.3 is 49.4 Å². The molecule has 0 unspecified atom stereocenters. The largest absolute Gasteiger partial charge is 0.416 e. The molecule has 8 aromatic rings. The molecular weight excluding hydrogens is 1160 g/mol. The number of hydrogen-bond acceptors (Lipinski definition) is 1. The van der Waals surface area contributed by atoms with E-state index in [1.165, 1.54) is 31.9 Å². The van der Waals surface area contributed by atoms with Gasteiger partial charge in [-0.25, -0.2) is 0 Å². The second-order valence-electron chi connectivity index (χ2n) is 18.4. The molecule has 1 nitrogen and oxygen atoms in total. The zero-order chi connectivity index (χ0) is 60.3. The summed E-state index contributed by atoms with van der Waals surface area (Å²) >= 11 is 1.91. The lowest BCUT2D eigenvalue weighted by Crippen LogP contribution is -2.75. The Morgan fingerprint density at radius 3 is 0.914 bits per heavy atom. The minimum atomic E-state index is -6.13. The first-order valence-electron chi connectivity index (χ1n) is 22.9. The average Bonchev–Trinajstić information content (AvgIpc) is 3.45. The van der Waals surface area contributed by atoms with Crippen LogP contribution in [-0.2, 0) is 62.4 Å². The SMILES string of the molecule is Cc1ccc(Cc2sc3ccccc3[n+]2Cc2ccccc2)cc1.FC(F)(F)c1cc([B-](c2cc(C(F)(F)F)cc(C(F)(F)F)c2)(c2cc(C(F)(F)F)cc(C(F)(F)F)c2)c2cc(C(F)(F)F)cc(C(F)(F)F)c2)cc(C(F)(F)F)c1. The molecule has 0 spiro atoms. The minimum Gasteiger partial charge on any atom is -0.194 e. The molecule has 0 saturated heterocycles. The van der Waals surface area contributed by atoms with Crippen molar-refractivity contribution in [1.82, 2.24) is 0 Å². The van der Waals surface area contributed by atoms with Crippen molar-refractivity contribution >= 4 is 49.6 Å². The van der Waals surface area contributed by atoms with E-state index < -0.39 is 195 Å². The van der Waals surface area contributed by atoms with Gasteiger partial charge in [-0.2, -0.15) is 132 Å². The van der Waals surface area contributed by atoms with Crippen molar-refractivity contribution in [2.24, 2.45) is 0 Å². The summed E-state index contributed by atoms with van der Waals surface area (Å²) < 4.78 is 345. The molecule has 0 aliphatic rings. The van der Waals surface area contributed by atoms with Gasteiger partial charge in [0.15, 0.2) is 6.54 Å². The van der Waals surface area contributed by atoms with Gasteiger partial charge in [0, 0.05) is 11.6 Å². The first kappa shape index (κ1) is 61.4. The Hall–Kier alpha value is -7.19. The fraction of sp³-hybridized carbons (Fsp3) is 0.204. The number of para-hydroxylation sites is 1. The van der Waals surface area contributed by atoms with Crippen LogP contribution in [0.15, 0.2) is 152 Å². The van der Waals surface area contributed by atoms with Gasteiger partial charge in [0.25, 0.3) is 0 Å². The van der Waals surface area contributed by atoms with Gasteiger partial charge in [-0.15, -0.1) is 0 Å². The number of nitrogens with zero attached hydrogens (tertiary/aromatic N) is 1. The highest BCUT2D eigenvalue weighted by atomic mass is 32.1. The number of aryl methyl sites for hydroxylation is 1. The van der Waals surface area contributed by atoms with Gasteiger partial charge in [-0.3, -0.25) is 0 Å². The summed E-state index contributed by atoms with van der Waals surface area (Å²) in [7, 11) is 0. The lowest BCUT2D eigenvalue weighted by atomic mass is 9.12. The van der Waals surface area contributed by atoms with E-state index in [9.17, 15) is 105 Å². The van der Waals surface area contributed by atoms with Crippen LogP contribution < -0.4 is 26.4 Å². The Labute approximate surface area is 445 Å². The van der Waals surface area contributed by atoms with Gasteiger partial charge in [0.2, 0.25) is 10.5 Å². The zero-order valence-corrected chi connectivity index (χ0v) is 41.2. The molecule has 0 bridgehead atoms. The summed E-state index contributed by atoms with van der Waals surface area (Å²) in [5.74, 6) is 0. The Kier molecular flexibility index (Phi) is 16.4. The van der Waals surface area contributed by atoms with E-state index >= 15 is 0 Å². The maximum Gasteiger partial charge on any atom is 0.416 e. The lowest BCUT2D eigenvalue weighted by molar-refractivity contribution is -0.665. The van der Waals surface area contributed by atoms with Crippen LogP contribution in [0.3, 0.4) is 0 Å². The van der Waals surface area contributed by atoms with Crippen LogP contribution in [0.5, 0.6) is 0 Å². The molecule has 7 aromatic carbocycles. The summed E-state index contributed by atoms with van der Waals surface area (Å²) in [6.45, 7) is 3.06. The minimum absolute atomic E-state index is 0.691. The first-order chi connectivity index (χ1) is 37.1. The molecule has 0 fully saturated rings. The van der Waals surface area contributed by atoms with Crippen molar-refractivity contribution in [3.63, 3.8) is 0 Å². The summed E-state index contributed by atoms with van der Waals surface area (Å²) in [6.07, 6.45) is -53.8. The molecule has 81 heavy (non-hydrogen) atoms. The van der Waals surface area contributed by atoms with Crippen molar-refractivity contribution in [2.75, 3.05) is 0 Å². The smallest absolute Gasteiger partial charge is 0.194 e. The topological polar surface area (TPSA) is 3.88 Å². The van der Waals surface area contributed by atoms with E-state index in [1.54, 1.807) is 0 Å². The highest BCUT2D eigenvalue weighted by Gasteiger charge is 2.47. The highest BCUT2D eigenvalue weighted by molar-refractivity contribution is 7.20. The molecule has 1 heterocycles. The standard InChI is InChI=1S/C32H12BF24.C22H20NS/c34-25(35,36)13-1-14(26(37,38)39)6-21(5-13)33(22-7-15(27(40,41)42)2-16(8-22)28(43,44)45,23-9-17(29(46,47)48)3-18(10-23)30(49,50)51)24-11-19(31(52,53)54)4-20(12-24)32(55,56)57;1-17-11-13-18(14-12-17)15-22-23(16-19-7-3-2-4-8-19)20-9-5-6-10-21(20)24-22/h1-12H;2-14H,15-16H2,1H3/q-1;+1. The fourth-order valence-corrected chi connectivity index (χ4v) is 10.3. The molecular formula is C54H32BF24NS. The monoisotopic (exact) mass is 1190 g/mol. The molecule has 0 aliphatic heterocycles. The number of benzene rings is 7. The van der Waals surface area contributed by atoms with Crippen LogP contribution in [-0.4, -0.2) is 6.15 Å². The third kappa shape index (κ3) is 13.9. The van der Waals surface area contributed by atoms with Crippen LogP contribution in [0.1, 0.15) is 66.2 Å². The number of alkyl halides is 24. The molecule has 8 rings (SSSR count). The van der Waals surface area contributed by atoms with Crippen molar-refractivity contribution in [1.29, 1.82) is 0 Å². The molecule has 0 amide bonds. The summed E-state index contributed by atoms with van der Waals surface area (Å²) in [5, 5.41) is 1.41. The Morgan fingerprint density at radius 2 is 0.617 bits per heavy atom. The van der Waals surface area contributed by atoms with E-state index in [4.69, 9.17) is 0 Å². The maximum atomic E-state index is 14.2. The normalized spacial score (nSPS) is 13.3. The van der Waals surface area contributed by atoms with E-state index in [0.29, 0.717) is 0 Å². The van der Waals surface area contributed by atoms with Gasteiger partial charge < -0.3 is 0 Å². The van der Waals surface area contributed by atoms with Gasteiger partial charge in [-0.1, -0.05) is 132 Å². The third-order valence-electron chi connectivity index (χ3n) is 12.8. The number of thiazole rings is 1. The van der Waals surface area contributed by atoms with Gasteiger partial charge in [0.1, 0.15) is 10.8 Å². The van der Waals surface area contributed by atoms with Crippen LogP contribution >= 0.6 is 11.3 Å². The van der Waals surface area contributed by atoms with E-state index in [2.05, 4.69) is 90.4 Å². The zero-order valence-electron chi connectivity index (χ0n) is 40.4. The second kappa shape index (κ2) is 21.6. The maximum absolute atomic E-state index is 14.2. The Morgan fingerprint density at radius 1 is 0.333 bits per heavy atom. The number of hydrogen-bond donors (Lipinski definition) is 0. The predicted octanol–water partition coefficient (Wildman–Crippen LogP) is 16.4. The number of rotatable bonds is 8. The Balaban J connectivity index is 0.000000323. The summed E-state index contributed by atoms with van der Waals surface area (Å²) in [4.78, 5) is 0. The number of halogens is 24. The molecule has 1 aromatic heterocycles. The fourth-order valence-electron chi connectivity index (χ4n) is 9.10. The van der Waals surface area contributed by atoms with Crippen LogP contribution in [0.25, 0.3) is 10.2 Å². The number of aromatic nitrogens is 1. The number of fused-ring (bicyclic) bond motifs is 1. The van der Waals surface area contributed by atoms with Crippen molar-refractivity contribution in [3.8, 4) is 0 Å². The van der Waals surface area contributed by atoms with Crippen molar-refractivity contribution < 1.29 is 110 Å². The lowest BCUT2D eigenvalue weighted by Gasteiger charge is -2.46. The molecule has 0 radical (unpaired) electrons. The highest BCUT2D eigenvalue weighted by Crippen LogP contribution is 2.42. The Bertz CT molecular complexity index is 3100. The summed E-state index contributed by atoms with van der Waals surface area (Å²) in [6, 6.07) is 19.5. The van der Waals surface area contributed by atoms with Crippen molar-refractivity contribution in [3.05, 3.63) is 218 Å². The molecule has 0 atom stereocenters. The third-order valence-corrected chi connectivity index (χ3v) is 13.9. The van der Waals surface area contributed by atoms with Crippen LogP contribution in [0, 0.1) is 6.92 Å². The van der Waals surface area contributed by atoms with E-state index in [0.717, 1.165) is 13.0 Å². The quantitative estimate of drug-likeness (QED) is 0.0811. The van der Waals surface area contributed by atoms with Gasteiger partial charge in [0.05, 0.1) is 50.9 Å². The van der Waals surface area contributed by atoms with E-state index in [1.807, 2.05) is 11.3 Å². The molecule has 0 saturated carbocycles. The predicted molar refractivity (Wildman–Crippen MR) is 252 cm³/mol. The van der Waals surface area contributed by atoms with Crippen LogP contribution in [0.4, 0.5) is 105 Å². The average molecular weight is 1190 g/mol. The van der Waals surface area contributed by atoms with Crippen molar-refractivity contribution in [2.45, 2.75) is 69.3 Å². The molecule has 0 N–H and O–H groups in total. The second-order valence-corrected chi connectivity index (χ2v) is 19.5. The summed E-state index contributed by atoms with van der Waals surface area (Å²) in [5.41, 5.74) is -24.9. The molecule has 27 heteroatoms. The van der Waals surface area contributed by atoms with Crippen LogP contribution in [0.2, 0.25) is 0 Å². The van der Waals surface area contributed by atoms with E-state index in [-0.39, 0.29) is 0 Å². The molecule has 430 valence electrons. The molecule has 0 aliphatic carbocycles. The first-order valence-corrected chi connectivity index (χ1v) is 23.7. The van der Waals surface area contributed by atoms with Gasteiger partial charge in [-0.05, 0) is 42.8 Å².